The molecule has 0 amide bonds. The van der Waals surface area contributed by atoms with Crippen molar-refractivity contribution in [1.29, 1.82) is 0 Å². The molecule has 2 heterocycles. The van der Waals surface area contributed by atoms with Crippen LogP contribution in [0, 0.1) is 5.92 Å². The van der Waals surface area contributed by atoms with Gasteiger partial charge in [-0.25, -0.2) is 4.98 Å². The summed E-state index contributed by atoms with van der Waals surface area (Å²) in [5.74, 6) is 2.02. The van der Waals surface area contributed by atoms with Gasteiger partial charge in [-0.2, -0.15) is 4.98 Å². The second kappa shape index (κ2) is 7.27. The van der Waals surface area contributed by atoms with Crippen LogP contribution in [0.3, 0.4) is 0 Å². The Morgan fingerprint density at radius 2 is 2.00 bits per heavy atom. The van der Waals surface area contributed by atoms with E-state index in [9.17, 15) is 0 Å². The molecule has 1 saturated heterocycles. The van der Waals surface area contributed by atoms with Gasteiger partial charge < -0.3 is 21.7 Å². The van der Waals surface area contributed by atoms with E-state index in [1.165, 1.54) is 24.0 Å². The third-order valence-corrected chi connectivity index (χ3v) is 5.16. The zero-order valence-corrected chi connectivity index (χ0v) is 14.5. The lowest BCUT2D eigenvalue weighted by Gasteiger charge is -2.23. The minimum Gasteiger partial charge on any atom is -0.394 e. The molecule has 0 spiro atoms. The molecule has 0 saturated carbocycles. The van der Waals surface area contributed by atoms with Crippen LogP contribution < -0.4 is 21.7 Å². The molecular weight excluding hydrogens is 312 g/mol. The second-order valence-corrected chi connectivity index (χ2v) is 7.11. The Labute approximate surface area is 148 Å². The molecule has 1 atom stereocenters. The summed E-state index contributed by atoms with van der Waals surface area (Å²) in [6.07, 6.45) is 6.20. The van der Waals surface area contributed by atoms with Crippen LogP contribution in [-0.4, -0.2) is 35.6 Å². The van der Waals surface area contributed by atoms with Gasteiger partial charge in [0.05, 0.1) is 11.9 Å². The van der Waals surface area contributed by atoms with Gasteiger partial charge in [0.1, 0.15) is 0 Å². The molecule has 0 bridgehead atoms. The van der Waals surface area contributed by atoms with E-state index in [1.807, 2.05) is 0 Å². The fraction of sp³-hybridized carbons (Fsp3) is 0.474. The minimum atomic E-state index is 0.338. The molecule has 0 radical (unpaired) electrons. The molecule has 6 nitrogen and oxygen atoms in total. The molecule has 1 aromatic heterocycles. The fourth-order valence-electron chi connectivity index (χ4n) is 3.78. The number of piperidine rings is 1. The van der Waals surface area contributed by atoms with Crippen LogP contribution in [0.15, 0.2) is 30.5 Å². The average molecular weight is 338 g/mol. The Morgan fingerprint density at radius 1 is 1.20 bits per heavy atom. The molecule has 0 unspecified atom stereocenters. The van der Waals surface area contributed by atoms with Crippen LogP contribution in [0.5, 0.6) is 0 Å². The van der Waals surface area contributed by atoms with E-state index in [1.54, 1.807) is 6.20 Å². The summed E-state index contributed by atoms with van der Waals surface area (Å²) in [7, 11) is 0. The number of hydrogen-bond donors (Lipinski definition) is 4. The van der Waals surface area contributed by atoms with Crippen molar-refractivity contribution in [3.8, 4) is 0 Å². The molecule has 2 aliphatic rings. The quantitative estimate of drug-likeness (QED) is 0.667. The van der Waals surface area contributed by atoms with E-state index >= 15 is 0 Å². The van der Waals surface area contributed by atoms with Crippen molar-refractivity contribution in [2.45, 2.75) is 31.7 Å². The third kappa shape index (κ3) is 3.85. The van der Waals surface area contributed by atoms with Gasteiger partial charge in [-0.05, 0) is 55.8 Å². The maximum Gasteiger partial charge on any atom is 0.224 e. The van der Waals surface area contributed by atoms with Crippen molar-refractivity contribution < 1.29 is 0 Å². The second-order valence-electron chi connectivity index (χ2n) is 7.11. The minimum absolute atomic E-state index is 0.338. The first-order valence-electron chi connectivity index (χ1n) is 9.18. The summed E-state index contributed by atoms with van der Waals surface area (Å²) >= 11 is 0. The van der Waals surface area contributed by atoms with Crippen molar-refractivity contribution in [2.75, 3.05) is 36.0 Å². The SMILES string of the molecule is Nc1cnc(NC[C@H]2CCCNC2)nc1NC1Cc2ccccc2C1. The standard InChI is InChI=1S/C19H26N6/c20-17-12-23-19(22-11-13-4-3-7-21-10-13)25-18(17)24-16-8-14-5-1-2-6-15(14)9-16/h1-2,5-6,12-13,16,21H,3-4,7-11,20H2,(H2,22,23,24,25)/t13-/m0/s1. The first kappa shape index (κ1) is 16.1. The maximum atomic E-state index is 6.09. The molecule has 6 heteroatoms. The molecule has 5 N–H and O–H groups in total. The molecular formula is C19H26N6. The highest BCUT2D eigenvalue weighted by atomic mass is 15.2. The molecule has 1 aromatic carbocycles. The Balaban J connectivity index is 1.38. The van der Waals surface area contributed by atoms with Gasteiger partial charge >= 0.3 is 0 Å². The number of nitrogens with two attached hydrogens (primary N) is 1. The van der Waals surface area contributed by atoms with Crippen molar-refractivity contribution in [3.63, 3.8) is 0 Å². The van der Waals surface area contributed by atoms with Gasteiger partial charge in [-0.15, -0.1) is 0 Å². The highest BCUT2D eigenvalue weighted by Crippen LogP contribution is 2.26. The smallest absolute Gasteiger partial charge is 0.224 e. The van der Waals surface area contributed by atoms with Crippen LogP contribution in [0.25, 0.3) is 0 Å². The van der Waals surface area contributed by atoms with Gasteiger partial charge in [0, 0.05) is 12.6 Å². The molecule has 2 aromatic rings. The molecule has 4 rings (SSSR count). The largest absolute Gasteiger partial charge is 0.394 e. The summed E-state index contributed by atoms with van der Waals surface area (Å²) in [6.45, 7) is 3.09. The van der Waals surface area contributed by atoms with Crippen LogP contribution in [0.4, 0.5) is 17.5 Å². The molecule has 1 aliphatic carbocycles. The third-order valence-electron chi connectivity index (χ3n) is 5.16. The van der Waals surface area contributed by atoms with Crippen LogP contribution in [-0.2, 0) is 12.8 Å². The summed E-state index contributed by atoms with van der Waals surface area (Å²) in [4.78, 5) is 8.93. The molecule has 25 heavy (non-hydrogen) atoms. The highest BCUT2D eigenvalue weighted by Gasteiger charge is 2.22. The number of nitrogens with one attached hydrogen (secondary N) is 3. The summed E-state index contributed by atoms with van der Waals surface area (Å²) < 4.78 is 0. The number of anilines is 3. The Kier molecular flexibility index (Phi) is 4.70. The maximum absolute atomic E-state index is 6.09. The predicted molar refractivity (Wildman–Crippen MR) is 102 cm³/mol. The Morgan fingerprint density at radius 3 is 2.72 bits per heavy atom. The van der Waals surface area contributed by atoms with Gasteiger partial charge in [0.25, 0.3) is 0 Å². The molecule has 1 aliphatic heterocycles. The molecule has 1 fully saturated rings. The molecule has 132 valence electrons. The van der Waals surface area contributed by atoms with Gasteiger partial charge in [-0.1, -0.05) is 24.3 Å². The zero-order chi connectivity index (χ0) is 17.1. The van der Waals surface area contributed by atoms with E-state index in [0.717, 1.165) is 38.3 Å². The Bertz CT molecular complexity index is 701. The number of benzene rings is 1. The first-order chi connectivity index (χ1) is 12.3. The Hall–Kier alpha value is -2.34. The van der Waals surface area contributed by atoms with E-state index in [2.05, 4.69) is 50.2 Å². The van der Waals surface area contributed by atoms with Crippen LogP contribution in [0.1, 0.15) is 24.0 Å². The lowest BCUT2D eigenvalue weighted by Crippen LogP contribution is -2.33. The normalized spacial score (nSPS) is 20.2. The lowest BCUT2D eigenvalue weighted by molar-refractivity contribution is 0.392. The number of hydrogen-bond acceptors (Lipinski definition) is 6. The predicted octanol–water partition coefficient (Wildman–Crippen LogP) is 2.05. The lowest BCUT2D eigenvalue weighted by atomic mass is 10.00. The monoisotopic (exact) mass is 338 g/mol. The first-order valence-corrected chi connectivity index (χ1v) is 9.18. The van der Waals surface area contributed by atoms with Crippen LogP contribution >= 0.6 is 0 Å². The fourth-order valence-corrected chi connectivity index (χ4v) is 3.78. The van der Waals surface area contributed by atoms with Gasteiger partial charge in [0.2, 0.25) is 5.95 Å². The van der Waals surface area contributed by atoms with Crippen LogP contribution in [0.2, 0.25) is 0 Å². The summed E-state index contributed by atoms with van der Waals surface area (Å²) in [5, 5.41) is 10.3. The van der Waals surface area contributed by atoms with Crippen molar-refractivity contribution >= 4 is 17.5 Å². The average Bonchev–Trinajstić information content (AvgIpc) is 3.05. The van der Waals surface area contributed by atoms with Crippen molar-refractivity contribution in [1.82, 2.24) is 15.3 Å². The topological polar surface area (TPSA) is 87.9 Å². The number of fused-ring (bicyclic) bond motifs is 1. The van der Waals surface area contributed by atoms with E-state index in [4.69, 9.17) is 5.73 Å². The van der Waals surface area contributed by atoms with E-state index in [0.29, 0.717) is 23.6 Å². The highest BCUT2D eigenvalue weighted by molar-refractivity contribution is 5.62. The number of rotatable bonds is 5. The number of nitrogens with zero attached hydrogens (tertiary/aromatic N) is 2. The summed E-state index contributed by atoms with van der Waals surface area (Å²) in [6, 6.07) is 8.94. The van der Waals surface area contributed by atoms with Crippen molar-refractivity contribution in [3.05, 3.63) is 41.6 Å². The number of aromatic nitrogens is 2. The van der Waals surface area contributed by atoms with Crippen molar-refractivity contribution in [2.24, 2.45) is 5.92 Å². The summed E-state index contributed by atoms with van der Waals surface area (Å²) in [5.41, 5.74) is 9.51. The van der Waals surface area contributed by atoms with E-state index in [-0.39, 0.29) is 0 Å². The van der Waals surface area contributed by atoms with Gasteiger partial charge in [0.15, 0.2) is 5.82 Å². The van der Waals surface area contributed by atoms with E-state index < -0.39 is 0 Å². The van der Waals surface area contributed by atoms with Gasteiger partial charge in [-0.3, -0.25) is 0 Å². The number of nitrogen functional groups attached to an aromatic ring is 1. The zero-order valence-electron chi connectivity index (χ0n) is 14.5.